The Morgan fingerprint density at radius 2 is 1.70 bits per heavy atom. The molecule has 1 heterocycles. The van der Waals surface area contributed by atoms with Crippen LogP contribution < -0.4 is 0 Å². The predicted molar refractivity (Wildman–Crippen MR) is 140 cm³/mol. The van der Waals surface area contributed by atoms with Gasteiger partial charge in [-0.3, -0.25) is 9.59 Å². The summed E-state index contributed by atoms with van der Waals surface area (Å²) < 4.78 is 38.9. The molecule has 1 saturated heterocycles. The van der Waals surface area contributed by atoms with E-state index in [4.69, 9.17) is 23.2 Å². The summed E-state index contributed by atoms with van der Waals surface area (Å²) in [5.41, 5.74) is 1.57. The molecule has 0 aliphatic carbocycles. The van der Waals surface area contributed by atoms with Gasteiger partial charge in [-0.05, 0) is 62.6 Å². The summed E-state index contributed by atoms with van der Waals surface area (Å²) in [5.74, 6) is -1.87. The molecule has 1 aliphatic heterocycles. The molecule has 2 aromatic rings. The molecule has 0 bridgehead atoms. The van der Waals surface area contributed by atoms with Crippen LogP contribution in [-0.4, -0.2) is 78.5 Å². The van der Waals surface area contributed by atoms with Gasteiger partial charge in [0.25, 0.3) is 5.91 Å². The zero-order chi connectivity index (χ0) is 27.2. The average molecular weight is 558 g/mol. The molecule has 1 unspecified atom stereocenters. The van der Waals surface area contributed by atoms with Crippen molar-refractivity contribution in [3.8, 4) is 0 Å². The third kappa shape index (κ3) is 7.85. The van der Waals surface area contributed by atoms with E-state index in [1.54, 1.807) is 37.1 Å². The summed E-state index contributed by atoms with van der Waals surface area (Å²) in [5, 5.41) is 0.893. The number of hydrogen-bond acceptors (Lipinski definition) is 3. The van der Waals surface area contributed by atoms with Crippen LogP contribution >= 0.6 is 23.2 Å². The summed E-state index contributed by atoms with van der Waals surface area (Å²) in [4.78, 5) is 29.6. The summed E-state index contributed by atoms with van der Waals surface area (Å²) >= 11 is 12.4. The summed E-state index contributed by atoms with van der Waals surface area (Å²) in [6.07, 6.45) is -3.17. The number of alkyl halides is 3. The molecular weight excluding hydrogens is 526 g/mol. The normalized spacial score (nSPS) is 15.9. The lowest BCUT2D eigenvalue weighted by Crippen LogP contribution is -2.51. The van der Waals surface area contributed by atoms with E-state index in [-0.39, 0.29) is 18.4 Å². The van der Waals surface area contributed by atoms with E-state index in [2.05, 4.69) is 4.90 Å². The maximum Gasteiger partial charge on any atom is 0.471 e. The molecule has 2 amide bonds. The number of rotatable bonds is 9. The first-order valence-electron chi connectivity index (χ1n) is 12.4. The van der Waals surface area contributed by atoms with E-state index >= 15 is 0 Å². The van der Waals surface area contributed by atoms with Crippen LogP contribution in [0.2, 0.25) is 10.0 Å². The Morgan fingerprint density at radius 1 is 1.05 bits per heavy atom. The first-order valence-corrected chi connectivity index (χ1v) is 13.1. The molecule has 10 heteroatoms. The van der Waals surface area contributed by atoms with E-state index in [9.17, 15) is 22.8 Å². The third-order valence-corrected chi connectivity index (χ3v) is 7.65. The third-order valence-electron chi connectivity index (χ3n) is 6.91. The fourth-order valence-electron chi connectivity index (χ4n) is 4.87. The van der Waals surface area contributed by atoms with Crippen molar-refractivity contribution in [2.45, 2.75) is 44.3 Å². The first kappa shape index (κ1) is 29.3. The number of amides is 2. The molecule has 1 aliphatic rings. The minimum absolute atomic E-state index is 0.0240. The molecule has 0 radical (unpaired) electrons. The lowest BCUT2D eigenvalue weighted by molar-refractivity contribution is -0.188. The second-order valence-electron chi connectivity index (χ2n) is 9.37. The quantitative estimate of drug-likeness (QED) is 0.373. The van der Waals surface area contributed by atoms with Crippen LogP contribution in [0.5, 0.6) is 0 Å². The van der Waals surface area contributed by atoms with E-state index in [1.807, 2.05) is 30.3 Å². The van der Waals surface area contributed by atoms with Crippen molar-refractivity contribution in [1.82, 2.24) is 14.7 Å². The zero-order valence-electron chi connectivity index (χ0n) is 21.0. The maximum atomic E-state index is 13.0. The van der Waals surface area contributed by atoms with Gasteiger partial charge in [0.2, 0.25) is 0 Å². The summed E-state index contributed by atoms with van der Waals surface area (Å²) in [6, 6.07) is 14.1. The van der Waals surface area contributed by atoms with Crippen LogP contribution in [0.15, 0.2) is 48.5 Å². The highest BCUT2D eigenvalue weighted by Gasteiger charge is 2.44. The van der Waals surface area contributed by atoms with Crippen LogP contribution in [0.25, 0.3) is 0 Å². The van der Waals surface area contributed by atoms with Crippen LogP contribution in [0.1, 0.15) is 48.0 Å². The summed E-state index contributed by atoms with van der Waals surface area (Å²) in [7, 11) is 1.77. The number of nitrogens with zero attached hydrogens (tertiary/aromatic N) is 3. The van der Waals surface area contributed by atoms with Gasteiger partial charge in [-0.15, -0.1) is 0 Å². The maximum absolute atomic E-state index is 13.0. The van der Waals surface area contributed by atoms with Crippen molar-refractivity contribution in [3.63, 3.8) is 0 Å². The topological polar surface area (TPSA) is 43.9 Å². The van der Waals surface area contributed by atoms with Crippen LogP contribution in [-0.2, 0) is 4.79 Å². The minimum Gasteiger partial charge on any atom is -0.341 e. The fourth-order valence-corrected chi connectivity index (χ4v) is 5.17. The monoisotopic (exact) mass is 557 g/mol. The molecule has 1 atom stereocenters. The largest absolute Gasteiger partial charge is 0.471 e. The Labute approximate surface area is 226 Å². The molecule has 2 aromatic carbocycles. The lowest BCUT2D eigenvalue weighted by Gasteiger charge is -2.38. The second kappa shape index (κ2) is 13.0. The van der Waals surface area contributed by atoms with Crippen LogP contribution in [0.4, 0.5) is 13.2 Å². The Balaban J connectivity index is 1.65. The van der Waals surface area contributed by atoms with E-state index in [0.29, 0.717) is 61.1 Å². The molecule has 0 aromatic heterocycles. The van der Waals surface area contributed by atoms with Crippen LogP contribution in [0.3, 0.4) is 0 Å². The lowest BCUT2D eigenvalue weighted by atomic mass is 9.93. The SMILES string of the molecule is CCN(C(=O)C(F)(F)F)C1CCN(CCC(CN(C)C(=O)c2ccccc2)c2ccc(Cl)c(Cl)c2)CC1. The fraction of sp³-hybridized carbons (Fsp3) is 0.481. The van der Waals surface area contributed by atoms with Crippen molar-refractivity contribution < 1.29 is 22.8 Å². The van der Waals surface area contributed by atoms with Gasteiger partial charge in [-0.2, -0.15) is 13.2 Å². The van der Waals surface area contributed by atoms with Crippen LogP contribution in [0, 0.1) is 0 Å². The number of carbonyl (C=O) groups excluding carboxylic acids is 2. The average Bonchev–Trinajstić information content (AvgIpc) is 2.88. The Kier molecular flexibility index (Phi) is 10.3. The standard InChI is InChI=1S/C27H32Cl2F3N3O2/c1-3-35(26(37)27(30,31)32)22-12-15-34(16-13-22)14-11-21(20-9-10-23(28)24(29)17-20)18-33(2)25(36)19-7-5-4-6-8-19/h4-10,17,21-22H,3,11-16,18H2,1-2H3. The molecule has 0 saturated carbocycles. The number of hydrogen-bond donors (Lipinski definition) is 0. The van der Waals surface area contributed by atoms with Crippen molar-refractivity contribution in [2.24, 2.45) is 0 Å². The van der Waals surface area contributed by atoms with Crippen molar-refractivity contribution in [2.75, 3.05) is 39.8 Å². The van der Waals surface area contributed by atoms with Gasteiger partial charge in [-0.1, -0.05) is 47.5 Å². The smallest absolute Gasteiger partial charge is 0.341 e. The number of carbonyl (C=O) groups is 2. The molecule has 1 fully saturated rings. The Morgan fingerprint density at radius 3 is 2.27 bits per heavy atom. The van der Waals surface area contributed by atoms with Gasteiger partial charge >= 0.3 is 12.1 Å². The van der Waals surface area contributed by atoms with Gasteiger partial charge < -0.3 is 14.7 Å². The number of piperidine rings is 1. The van der Waals surface area contributed by atoms with Gasteiger partial charge in [0.05, 0.1) is 10.0 Å². The van der Waals surface area contributed by atoms with E-state index in [0.717, 1.165) is 10.5 Å². The number of benzene rings is 2. The van der Waals surface area contributed by atoms with E-state index in [1.165, 1.54) is 0 Å². The molecule has 202 valence electrons. The highest BCUT2D eigenvalue weighted by atomic mass is 35.5. The Bertz CT molecular complexity index is 1060. The molecular formula is C27H32Cl2F3N3O2. The van der Waals surface area contributed by atoms with Gasteiger partial charge in [-0.25, -0.2) is 0 Å². The minimum atomic E-state index is -4.86. The van der Waals surface area contributed by atoms with Crippen molar-refractivity contribution >= 4 is 35.0 Å². The molecule has 0 N–H and O–H groups in total. The number of likely N-dealkylation sites (N-methyl/N-ethyl adjacent to an activating group) is 1. The molecule has 0 spiro atoms. The molecule has 5 nitrogen and oxygen atoms in total. The van der Waals surface area contributed by atoms with Crippen molar-refractivity contribution in [3.05, 3.63) is 69.7 Å². The van der Waals surface area contributed by atoms with Gasteiger partial charge in [0.1, 0.15) is 0 Å². The molecule has 3 rings (SSSR count). The van der Waals surface area contributed by atoms with Gasteiger partial charge in [0, 0.05) is 50.7 Å². The number of halogens is 5. The summed E-state index contributed by atoms with van der Waals surface area (Å²) in [6.45, 7) is 3.96. The second-order valence-corrected chi connectivity index (χ2v) is 10.2. The van der Waals surface area contributed by atoms with Gasteiger partial charge in [0.15, 0.2) is 0 Å². The van der Waals surface area contributed by atoms with E-state index < -0.39 is 18.1 Å². The molecule has 37 heavy (non-hydrogen) atoms. The Hall–Kier alpha value is -2.29. The highest BCUT2D eigenvalue weighted by Crippen LogP contribution is 2.30. The first-order chi connectivity index (χ1) is 17.5. The predicted octanol–water partition coefficient (Wildman–Crippen LogP) is 6.11. The highest BCUT2D eigenvalue weighted by molar-refractivity contribution is 6.42. The van der Waals surface area contributed by atoms with Crippen molar-refractivity contribution in [1.29, 1.82) is 0 Å². The number of likely N-dealkylation sites (tertiary alicyclic amines) is 1. The zero-order valence-corrected chi connectivity index (χ0v) is 22.5.